The van der Waals surface area contributed by atoms with Gasteiger partial charge in [0.25, 0.3) is 0 Å². The SMILES string of the molecule is CSCC[N]. The number of thioether (sulfide) groups is 1. The van der Waals surface area contributed by atoms with E-state index in [1.165, 1.54) is 0 Å². The molecule has 0 aromatic rings. The van der Waals surface area contributed by atoms with Gasteiger partial charge >= 0.3 is 0 Å². The van der Waals surface area contributed by atoms with Crippen LogP contribution in [0.25, 0.3) is 0 Å². The molecule has 0 spiro atoms. The molecule has 2 heteroatoms. The molecule has 0 aliphatic carbocycles. The minimum atomic E-state index is 0.307. The predicted molar refractivity (Wildman–Crippen MR) is 25.4 cm³/mol. The lowest BCUT2D eigenvalue weighted by Crippen LogP contribution is -1.84. The van der Waals surface area contributed by atoms with E-state index in [4.69, 9.17) is 5.73 Å². The molecule has 5 heavy (non-hydrogen) atoms. The van der Waals surface area contributed by atoms with Gasteiger partial charge in [-0.15, -0.1) is 5.73 Å². The Morgan fingerprint density at radius 2 is 2.40 bits per heavy atom. The summed E-state index contributed by atoms with van der Waals surface area (Å²) in [5, 5.41) is 0. The first kappa shape index (κ1) is 5.31. The second-order valence-corrected chi connectivity index (χ2v) is 1.70. The van der Waals surface area contributed by atoms with E-state index in [2.05, 4.69) is 0 Å². The summed E-state index contributed by atoms with van der Waals surface area (Å²) >= 11 is 1.65. The maximum atomic E-state index is 8.05. The van der Waals surface area contributed by atoms with Gasteiger partial charge in [-0.1, -0.05) is 0 Å². The molecule has 0 N–H and O–H groups in total. The minimum absolute atomic E-state index is 0.307. The molecule has 0 bridgehead atoms. The van der Waals surface area contributed by atoms with E-state index in [0.717, 1.165) is 5.75 Å². The molecule has 0 saturated heterocycles. The average molecular weight is 89.2 g/mol. The van der Waals surface area contributed by atoms with Gasteiger partial charge in [-0.2, -0.15) is 11.8 Å². The zero-order chi connectivity index (χ0) is 4.12. The molecule has 0 aromatic heterocycles. The van der Waals surface area contributed by atoms with Crippen molar-refractivity contribution >= 4 is 11.8 Å². The summed E-state index contributed by atoms with van der Waals surface area (Å²) in [5.74, 6) is 0.861. The highest BCUT2D eigenvalue weighted by molar-refractivity contribution is 7.98. The average Bonchev–Trinajstić information content (AvgIpc) is 1.41. The third-order valence-electron chi connectivity index (χ3n) is 0.295. The second-order valence-electron chi connectivity index (χ2n) is 0.716. The van der Waals surface area contributed by atoms with E-state index in [1.807, 2.05) is 6.26 Å². The molecule has 0 atom stereocenters. The molecule has 0 aromatic carbocycles. The van der Waals surface area contributed by atoms with Crippen molar-refractivity contribution in [3.05, 3.63) is 0 Å². The van der Waals surface area contributed by atoms with Crippen molar-refractivity contribution in [3.63, 3.8) is 0 Å². The first-order valence-electron chi connectivity index (χ1n) is 1.51. The van der Waals surface area contributed by atoms with Crippen molar-refractivity contribution in [2.45, 2.75) is 0 Å². The Kier molecular flexibility index (Phi) is 4.58. The van der Waals surface area contributed by atoms with E-state index in [1.54, 1.807) is 11.8 Å². The Balaban J connectivity index is 2.19. The van der Waals surface area contributed by atoms with E-state index >= 15 is 0 Å². The molecule has 30 valence electrons. The fourth-order valence-electron chi connectivity index (χ4n) is 0.0913. The standard InChI is InChI=1S/C3H7NS/c1-5-3-2-4/h2-3H2,1H3. The molecule has 0 amide bonds. The van der Waals surface area contributed by atoms with Crippen molar-refractivity contribution in [3.8, 4) is 0 Å². The zero-order valence-corrected chi connectivity index (χ0v) is 4.09. The quantitative estimate of drug-likeness (QED) is 0.480. The van der Waals surface area contributed by atoms with Crippen molar-refractivity contribution in [2.75, 3.05) is 18.6 Å². The molecule has 0 unspecified atom stereocenters. The minimum Gasteiger partial charge on any atom is -0.164 e. The molecule has 2 radical (unpaired) electrons. The van der Waals surface area contributed by atoms with Gasteiger partial charge in [-0.3, -0.25) is 0 Å². The normalized spacial score (nSPS) is 8.40. The summed E-state index contributed by atoms with van der Waals surface area (Å²) in [6, 6.07) is 0. The molecular formula is C3H7NS. The van der Waals surface area contributed by atoms with Gasteiger partial charge in [0.15, 0.2) is 0 Å². The smallest absolute Gasteiger partial charge is 0.0412 e. The topological polar surface area (TPSA) is 22.3 Å². The van der Waals surface area contributed by atoms with Crippen LogP contribution in [0.1, 0.15) is 0 Å². The lowest BCUT2D eigenvalue weighted by atomic mass is 10.8. The number of hydrogen-bond acceptors (Lipinski definition) is 1. The van der Waals surface area contributed by atoms with Crippen LogP contribution < -0.4 is 5.73 Å². The lowest BCUT2D eigenvalue weighted by Gasteiger charge is -1.78. The summed E-state index contributed by atoms with van der Waals surface area (Å²) < 4.78 is 0. The van der Waals surface area contributed by atoms with Crippen LogP contribution in [-0.2, 0) is 0 Å². The Morgan fingerprint density at radius 1 is 1.80 bits per heavy atom. The van der Waals surface area contributed by atoms with Crippen molar-refractivity contribution < 1.29 is 0 Å². The summed E-state index contributed by atoms with van der Waals surface area (Å²) in [6.45, 7) is 0.307. The molecular weight excluding hydrogens is 82.1 g/mol. The maximum absolute atomic E-state index is 8.05. The first-order chi connectivity index (χ1) is 2.41. The number of rotatable bonds is 2. The van der Waals surface area contributed by atoms with Gasteiger partial charge in [0.2, 0.25) is 0 Å². The van der Waals surface area contributed by atoms with E-state index in [9.17, 15) is 0 Å². The van der Waals surface area contributed by atoms with Crippen molar-refractivity contribution in [2.24, 2.45) is 0 Å². The summed E-state index contributed by atoms with van der Waals surface area (Å²) in [7, 11) is 0. The predicted octanol–water partition coefficient (Wildman–Crippen LogP) is 0.418. The van der Waals surface area contributed by atoms with Crippen LogP contribution >= 0.6 is 11.8 Å². The Bertz CT molecular complexity index is 14.4. The summed E-state index contributed by atoms with van der Waals surface area (Å²) in [5.41, 5.74) is 8.05. The lowest BCUT2D eigenvalue weighted by molar-refractivity contribution is 1.11. The molecule has 0 rings (SSSR count). The van der Waals surface area contributed by atoms with Crippen molar-refractivity contribution in [1.82, 2.24) is 5.73 Å². The van der Waals surface area contributed by atoms with Crippen LogP contribution in [0.5, 0.6) is 0 Å². The second kappa shape index (κ2) is 4.31. The Labute approximate surface area is 36.9 Å². The van der Waals surface area contributed by atoms with Crippen LogP contribution in [-0.4, -0.2) is 18.6 Å². The zero-order valence-electron chi connectivity index (χ0n) is 3.27. The van der Waals surface area contributed by atoms with E-state index in [0.29, 0.717) is 6.54 Å². The number of nitrogens with zero attached hydrogens (tertiary/aromatic N) is 1. The van der Waals surface area contributed by atoms with Gasteiger partial charge in [-0.05, 0) is 6.26 Å². The van der Waals surface area contributed by atoms with Gasteiger partial charge in [0, 0.05) is 12.3 Å². The molecule has 0 aliphatic rings. The molecule has 1 nitrogen and oxygen atoms in total. The first-order valence-corrected chi connectivity index (χ1v) is 2.91. The van der Waals surface area contributed by atoms with Crippen LogP contribution in [0.4, 0.5) is 0 Å². The van der Waals surface area contributed by atoms with Gasteiger partial charge in [-0.25, -0.2) is 0 Å². The molecule has 0 fully saturated rings. The molecule has 0 aliphatic heterocycles. The highest BCUT2D eigenvalue weighted by Gasteiger charge is 1.70. The fourth-order valence-corrected chi connectivity index (χ4v) is 0.274. The van der Waals surface area contributed by atoms with E-state index in [-0.39, 0.29) is 0 Å². The Hall–Kier alpha value is 0.310. The fraction of sp³-hybridized carbons (Fsp3) is 1.00. The third kappa shape index (κ3) is 4.31. The monoisotopic (exact) mass is 89.0 g/mol. The van der Waals surface area contributed by atoms with Crippen molar-refractivity contribution in [1.29, 1.82) is 0 Å². The highest BCUT2D eigenvalue weighted by atomic mass is 32.2. The summed E-state index contributed by atoms with van der Waals surface area (Å²) in [4.78, 5) is 0. The van der Waals surface area contributed by atoms with Crippen LogP contribution in [0.3, 0.4) is 0 Å². The van der Waals surface area contributed by atoms with Crippen LogP contribution in [0, 0.1) is 0 Å². The molecule has 0 saturated carbocycles. The number of hydrogen-bond donors (Lipinski definition) is 0. The van der Waals surface area contributed by atoms with Crippen LogP contribution in [0.2, 0.25) is 0 Å². The van der Waals surface area contributed by atoms with Gasteiger partial charge < -0.3 is 0 Å². The van der Waals surface area contributed by atoms with Gasteiger partial charge in [0.1, 0.15) is 0 Å². The highest BCUT2D eigenvalue weighted by Crippen LogP contribution is 1.84. The summed E-state index contributed by atoms with van der Waals surface area (Å²) in [6.07, 6.45) is 1.97. The maximum Gasteiger partial charge on any atom is 0.0412 e. The van der Waals surface area contributed by atoms with Crippen LogP contribution in [0.15, 0.2) is 0 Å². The van der Waals surface area contributed by atoms with Gasteiger partial charge in [0.05, 0.1) is 0 Å². The molecule has 0 heterocycles. The van der Waals surface area contributed by atoms with E-state index < -0.39 is 0 Å². The third-order valence-corrected chi connectivity index (χ3v) is 0.886. The largest absolute Gasteiger partial charge is 0.164 e. The Morgan fingerprint density at radius 3 is 2.40 bits per heavy atom.